The van der Waals surface area contributed by atoms with E-state index in [-0.39, 0.29) is 6.04 Å². The summed E-state index contributed by atoms with van der Waals surface area (Å²) in [6.45, 7) is 2.93. The molecule has 76 valence electrons. The lowest BCUT2D eigenvalue weighted by Crippen LogP contribution is -2.21. The Bertz CT molecular complexity index is 380. The van der Waals surface area contributed by atoms with E-state index in [2.05, 4.69) is 5.32 Å². The largest absolute Gasteiger partial charge is 0.309 e. The predicted octanol–water partition coefficient (Wildman–Crippen LogP) is 2.11. The van der Waals surface area contributed by atoms with Gasteiger partial charge in [-0.1, -0.05) is 30.7 Å². The smallest absolute Gasteiger partial charge is 0.0623 e. The lowest BCUT2D eigenvalue weighted by Gasteiger charge is -2.10. The third-order valence-electron chi connectivity index (χ3n) is 2.37. The van der Waals surface area contributed by atoms with Gasteiger partial charge in [-0.2, -0.15) is 0 Å². The highest BCUT2D eigenvalue weighted by Gasteiger charge is 2.29. The van der Waals surface area contributed by atoms with Crippen LogP contribution in [0.5, 0.6) is 0 Å². The third kappa shape index (κ3) is 1.60. The van der Waals surface area contributed by atoms with Gasteiger partial charge in [-0.15, -0.1) is 0 Å². The Balaban J connectivity index is 2.44. The summed E-state index contributed by atoms with van der Waals surface area (Å²) in [5.41, 5.74) is 1.10. The van der Waals surface area contributed by atoms with Crippen molar-refractivity contribution in [2.24, 2.45) is 0 Å². The minimum atomic E-state index is -0.935. The highest BCUT2D eigenvalue weighted by molar-refractivity contribution is 7.85. The van der Waals surface area contributed by atoms with Crippen molar-refractivity contribution in [1.29, 1.82) is 0 Å². The molecule has 1 aliphatic heterocycles. The highest BCUT2D eigenvalue weighted by Crippen LogP contribution is 2.35. The highest BCUT2D eigenvalue weighted by atomic mass is 35.5. The van der Waals surface area contributed by atoms with E-state index >= 15 is 0 Å². The number of hydrogen-bond acceptors (Lipinski definition) is 2. The Hall–Kier alpha value is -0.380. The van der Waals surface area contributed by atoms with Crippen molar-refractivity contribution in [1.82, 2.24) is 5.32 Å². The summed E-state index contributed by atoms with van der Waals surface area (Å²) in [5.74, 6) is 0.646. The normalized spacial score (nSPS) is 25.0. The molecule has 1 heterocycles. The minimum absolute atomic E-state index is 0.203. The SMILES string of the molecule is CCNC1CS(=O)c2c(Cl)cccc21. The van der Waals surface area contributed by atoms with Crippen LogP contribution in [0.4, 0.5) is 0 Å². The molecule has 0 amide bonds. The van der Waals surface area contributed by atoms with Crippen LogP contribution in [0.3, 0.4) is 0 Å². The molecule has 14 heavy (non-hydrogen) atoms. The van der Waals surface area contributed by atoms with Crippen molar-refractivity contribution in [3.8, 4) is 0 Å². The molecule has 1 N–H and O–H groups in total. The quantitative estimate of drug-likeness (QED) is 0.842. The first kappa shape index (κ1) is 10.1. The van der Waals surface area contributed by atoms with Crippen LogP contribution in [0.1, 0.15) is 18.5 Å². The second-order valence-electron chi connectivity index (χ2n) is 3.28. The van der Waals surface area contributed by atoms with Gasteiger partial charge >= 0.3 is 0 Å². The van der Waals surface area contributed by atoms with Gasteiger partial charge in [-0.3, -0.25) is 4.21 Å². The van der Waals surface area contributed by atoms with Gasteiger partial charge in [0.15, 0.2) is 0 Å². The van der Waals surface area contributed by atoms with Crippen molar-refractivity contribution in [3.63, 3.8) is 0 Å². The van der Waals surface area contributed by atoms with Crippen LogP contribution in [-0.2, 0) is 10.8 Å². The standard InChI is InChI=1S/C10H12ClNOS/c1-2-12-9-6-14(13)10-7(9)4-3-5-8(10)11/h3-5,9,12H,2,6H2,1H3. The van der Waals surface area contributed by atoms with E-state index in [9.17, 15) is 4.21 Å². The van der Waals surface area contributed by atoms with E-state index in [4.69, 9.17) is 11.6 Å². The summed E-state index contributed by atoms with van der Waals surface area (Å²) < 4.78 is 11.8. The van der Waals surface area contributed by atoms with Gasteiger partial charge in [-0.25, -0.2) is 0 Å². The molecule has 0 aliphatic carbocycles. The molecular weight excluding hydrogens is 218 g/mol. The van der Waals surface area contributed by atoms with Crippen LogP contribution >= 0.6 is 11.6 Å². The predicted molar refractivity (Wildman–Crippen MR) is 59.1 cm³/mol. The van der Waals surface area contributed by atoms with E-state index in [1.165, 1.54) is 0 Å². The van der Waals surface area contributed by atoms with Gasteiger partial charge in [0.05, 0.1) is 20.7 Å². The summed E-state index contributed by atoms with van der Waals surface area (Å²) in [4.78, 5) is 0.820. The molecule has 0 aromatic heterocycles. The summed E-state index contributed by atoms with van der Waals surface area (Å²) in [7, 11) is -0.935. The molecule has 0 saturated heterocycles. The molecule has 0 spiro atoms. The summed E-state index contributed by atoms with van der Waals surface area (Å²) in [5, 5.41) is 3.93. The molecule has 2 rings (SSSR count). The number of nitrogens with one attached hydrogen (secondary N) is 1. The average molecular weight is 230 g/mol. The molecule has 1 aliphatic rings. The molecule has 0 radical (unpaired) electrons. The lowest BCUT2D eigenvalue weighted by atomic mass is 10.1. The molecule has 2 atom stereocenters. The molecule has 2 nitrogen and oxygen atoms in total. The maximum Gasteiger partial charge on any atom is 0.0623 e. The van der Waals surface area contributed by atoms with Crippen molar-refractivity contribution in [3.05, 3.63) is 28.8 Å². The van der Waals surface area contributed by atoms with E-state index in [0.29, 0.717) is 10.8 Å². The fraction of sp³-hybridized carbons (Fsp3) is 0.400. The number of hydrogen-bond donors (Lipinski definition) is 1. The van der Waals surface area contributed by atoms with E-state index < -0.39 is 10.8 Å². The Morgan fingerprint density at radius 1 is 1.64 bits per heavy atom. The van der Waals surface area contributed by atoms with Crippen LogP contribution in [0.15, 0.2) is 23.1 Å². The van der Waals surface area contributed by atoms with Crippen LogP contribution < -0.4 is 5.32 Å². The van der Waals surface area contributed by atoms with Crippen molar-refractivity contribution >= 4 is 22.4 Å². The molecule has 2 unspecified atom stereocenters. The van der Waals surface area contributed by atoms with Crippen LogP contribution in [0.2, 0.25) is 5.02 Å². The molecule has 0 saturated carbocycles. The Kier molecular flexibility index (Phi) is 2.91. The first-order valence-corrected chi connectivity index (χ1v) is 6.34. The zero-order valence-corrected chi connectivity index (χ0v) is 9.49. The van der Waals surface area contributed by atoms with Crippen molar-refractivity contribution in [2.75, 3.05) is 12.3 Å². The molecule has 1 aromatic rings. The fourth-order valence-electron chi connectivity index (χ4n) is 1.78. The Labute approximate surface area is 91.1 Å². The Morgan fingerprint density at radius 2 is 2.43 bits per heavy atom. The minimum Gasteiger partial charge on any atom is -0.309 e. The van der Waals surface area contributed by atoms with Gasteiger partial charge in [0.2, 0.25) is 0 Å². The number of rotatable bonds is 2. The molecule has 4 heteroatoms. The first-order chi connectivity index (χ1) is 6.74. The van der Waals surface area contributed by atoms with Crippen molar-refractivity contribution < 1.29 is 4.21 Å². The lowest BCUT2D eigenvalue weighted by molar-refractivity contribution is 0.604. The number of benzene rings is 1. The zero-order chi connectivity index (χ0) is 10.1. The molecule has 1 aromatic carbocycles. The second kappa shape index (κ2) is 4.01. The topological polar surface area (TPSA) is 29.1 Å². The second-order valence-corrected chi connectivity index (χ2v) is 5.12. The maximum atomic E-state index is 11.8. The number of fused-ring (bicyclic) bond motifs is 1. The van der Waals surface area contributed by atoms with Gasteiger partial charge in [0.25, 0.3) is 0 Å². The zero-order valence-electron chi connectivity index (χ0n) is 7.92. The van der Waals surface area contributed by atoms with Gasteiger partial charge in [0.1, 0.15) is 0 Å². The number of halogens is 1. The van der Waals surface area contributed by atoms with E-state index in [1.54, 1.807) is 6.07 Å². The first-order valence-electron chi connectivity index (χ1n) is 4.64. The summed E-state index contributed by atoms with van der Waals surface area (Å²) in [6.07, 6.45) is 0. The molecular formula is C10H12ClNOS. The van der Waals surface area contributed by atoms with Gasteiger partial charge < -0.3 is 5.32 Å². The third-order valence-corrected chi connectivity index (χ3v) is 4.34. The average Bonchev–Trinajstić information content (AvgIpc) is 2.46. The van der Waals surface area contributed by atoms with Crippen LogP contribution in [0.25, 0.3) is 0 Å². The monoisotopic (exact) mass is 229 g/mol. The Morgan fingerprint density at radius 3 is 3.14 bits per heavy atom. The van der Waals surface area contributed by atoms with E-state index in [0.717, 1.165) is 17.0 Å². The van der Waals surface area contributed by atoms with Crippen molar-refractivity contribution in [2.45, 2.75) is 17.9 Å². The van der Waals surface area contributed by atoms with Crippen LogP contribution in [-0.4, -0.2) is 16.5 Å². The molecule has 0 fully saturated rings. The van der Waals surface area contributed by atoms with Crippen LogP contribution in [0, 0.1) is 0 Å². The molecule has 0 bridgehead atoms. The van der Waals surface area contributed by atoms with Gasteiger partial charge in [0, 0.05) is 11.8 Å². The summed E-state index contributed by atoms with van der Waals surface area (Å²) >= 11 is 6.01. The summed E-state index contributed by atoms with van der Waals surface area (Å²) in [6, 6.07) is 5.91. The fourth-order valence-corrected chi connectivity index (χ4v) is 3.75. The maximum absolute atomic E-state index is 11.8. The van der Waals surface area contributed by atoms with Gasteiger partial charge in [-0.05, 0) is 18.2 Å². The van der Waals surface area contributed by atoms with E-state index in [1.807, 2.05) is 19.1 Å².